The van der Waals surface area contributed by atoms with Crippen LogP contribution in [-0.4, -0.2) is 30.9 Å². The van der Waals surface area contributed by atoms with Crippen LogP contribution < -0.4 is 16.0 Å². The molecule has 2 fully saturated rings. The van der Waals surface area contributed by atoms with E-state index >= 15 is 0 Å². The first-order valence-corrected chi connectivity index (χ1v) is 9.40. The molecule has 0 radical (unpaired) electrons. The van der Waals surface area contributed by atoms with Crippen LogP contribution in [0.1, 0.15) is 50.5 Å². The summed E-state index contributed by atoms with van der Waals surface area (Å²) in [5.41, 5.74) is 7.98. The third kappa shape index (κ3) is 4.03. The lowest BCUT2D eigenvalue weighted by molar-refractivity contribution is -0.128. The summed E-state index contributed by atoms with van der Waals surface area (Å²) < 4.78 is 0. The summed E-state index contributed by atoms with van der Waals surface area (Å²) >= 11 is 0. The van der Waals surface area contributed by atoms with E-state index in [0.717, 1.165) is 31.4 Å². The number of nitrogens with one attached hydrogen (secondary N) is 1. The number of rotatable bonds is 5. The minimum atomic E-state index is -0.410. The topological polar surface area (TPSA) is 75.4 Å². The van der Waals surface area contributed by atoms with Crippen molar-refractivity contribution in [3.63, 3.8) is 0 Å². The Balaban J connectivity index is 1.58. The third-order valence-corrected chi connectivity index (χ3v) is 5.77. The van der Waals surface area contributed by atoms with Crippen molar-refractivity contribution >= 4 is 17.5 Å². The maximum absolute atomic E-state index is 12.7. The van der Waals surface area contributed by atoms with E-state index in [1.54, 1.807) is 4.90 Å². The standard InChI is InChI=1S/C20H29N3O2/c1-15-5-7-16(8-6-15)23-12-9-17(19(23)25)22-18(24)13-20(14-21)10-3-2-4-11-20/h5-8,17H,2-4,9-14,21H2,1H3,(H,22,24). The fourth-order valence-electron chi connectivity index (χ4n) is 4.14. The van der Waals surface area contributed by atoms with Crippen molar-refractivity contribution in [1.29, 1.82) is 0 Å². The van der Waals surface area contributed by atoms with Crippen molar-refractivity contribution in [1.82, 2.24) is 5.32 Å². The molecule has 1 saturated heterocycles. The van der Waals surface area contributed by atoms with Gasteiger partial charge in [-0.05, 0) is 50.3 Å². The Labute approximate surface area is 150 Å². The molecule has 25 heavy (non-hydrogen) atoms. The van der Waals surface area contributed by atoms with E-state index in [-0.39, 0.29) is 17.2 Å². The van der Waals surface area contributed by atoms with E-state index in [2.05, 4.69) is 5.32 Å². The lowest BCUT2D eigenvalue weighted by Crippen LogP contribution is -2.45. The summed E-state index contributed by atoms with van der Waals surface area (Å²) in [6.45, 7) is 3.22. The summed E-state index contributed by atoms with van der Waals surface area (Å²) in [5, 5.41) is 2.96. The normalized spacial score (nSPS) is 22.9. The van der Waals surface area contributed by atoms with Gasteiger partial charge in [-0.3, -0.25) is 9.59 Å². The van der Waals surface area contributed by atoms with E-state index in [4.69, 9.17) is 5.73 Å². The molecule has 1 heterocycles. The van der Waals surface area contributed by atoms with Crippen LogP contribution in [-0.2, 0) is 9.59 Å². The number of benzene rings is 1. The number of hydrogen-bond donors (Lipinski definition) is 2. The number of nitrogens with zero attached hydrogens (tertiary/aromatic N) is 1. The zero-order valence-corrected chi connectivity index (χ0v) is 15.1. The Morgan fingerprint density at radius 3 is 2.56 bits per heavy atom. The molecule has 0 spiro atoms. The summed E-state index contributed by atoms with van der Waals surface area (Å²) in [6.07, 6.45) is 6.67. The van der Waals surface area contributed by atoms with Crippen LogP contribution in [0.3, 0.4) is 0 Å². The monoisotopic (exact) mass is 343 g/mol. The van der Waals surface area contributed by atoms with Crippen molar-refractivity contribution in [3.8, 4) is 0 Å². The second kappa shape index (κ2) is 7.56. The zero-order valence-electron chi connectivity index (χ0n) is 15.1. The molecular formula is C20H29N3O2. The first-order chi connectivity index (χ1) is 12.0. The molecule has 0 bridgehead atoms. The first kappa shape index (κ1) is 17.9. The van der Waals surface area contributed by atoms with Crippen LogP contribution in [0.5, 0.6) is 0 Å². The van der Waals surface area contributed by atoms with Gasteiger partial charge < -0.3 is 16.0 Å². The Bertz CT molecular complexity index is 620. The first-order valence-electron chi connectivity index (χ1n) is 9.40. The summed E-state index contributed by atoms with van der Waals surface area (Å²) in [5.74, 6) is -0.0425. The molecule has 1 saturated carbocycles. The van der Waals surface area contributed by atoms with Gasteiger partial charge in [0.15, 0.2) is 0 Å². The van der Waals surface area contributed by atoms with Gasteiger partial charge in [0.05, 0.1) is 0 Å². The number of carbonyl (C=O) groups is 2. The molecular weight excluding hydrogens is 314 g/mol. The minimum absolute atomic E-state index is 0.0114. The molecule has 5 heteroatoms. The molecule has 1 aromatic carbocycles. The van der Waals surface area contributed by atoms with Gasteiger partial charge in [0.25, 0.3) is 0 Å². The highest BCUT2D eigenvalue weighted by Crippen LogP contribution is 2.38. The molecule has 2 amide bonds. The van der Waals surface area contributed by atoms with Gasteiger partial charge >= 0.3 is 0 Å². The smallest absolute Gasteiger partial charge is 0.249 e. The predicted octanol–water partition coefficient (Wildman–Crippen LogP) is 2.52. The van der Waals surface area contributed by atoms with Crippen LogP contribution in [0.25, 0.3) is 0 Å². The number of amides is 2. The molecule has 1 aliphatic carbocycles. The number of nitrogens with two attached hydrogens (primary N) is 1. The fourth-order valence-corrected chi connectivity index (χ4v) is 4.14. The maximum Gasteiger partial charge on any atom is 0.249 e. The van der Waals surface area contributed by atoms with Crippen LogP contribution in [0.15, 0.2) is 24.3 Å². The van der Waals surface area contributed by atoms with Crippen molar-refractivity contribution in [2.24, 2.45) is 11.1 Å². The summed E-state index contributed by atoms with van der Waals surface area (Å²) in [7, 11) is 0. The SMILES string of the molecule is Cc1ccc(N2CCC(NC(=O)CC3(CN)CCCCC3)C2=O)cc1. The van der Waals surface area contributed by atoms with Crippen molar-refractivity contribution in [3.05, 3.63) is 29.8 Å². The third-order valence-electron chi connectivity index (χ3n) is 5.77. The average molecular weight is 343 g/mol. The highest BCUT2D eigenvalue weighted by atomic mass is 16.2. The van der Waals surface area contributed by atoms with E-state index in [0.29, 0.717) is 25.9 Å². The lowest BCUT2D eigenvalue weighted by atomic mass is 9.71. The van der Waals surface area contributed by atoms with Crippen molar-refractivity contribution < 1.29 is 9.59 Å². The largest absolute Gasteiger partial charge is 0.344 e. The van der Waals surface area contributed by atoms with Crippen LogP contribution in [0.2, 0.25) is 0 Å². The molecule has 5 nitrogen and oxygen atoms in total. The Morgan fingerprint density at radius 2 is 1.92 bits per heavy atom. The van der Waals surface area contributed by atoms with E-state index in [1.165, 1.54) is 12.0 Å². The van der Waals surface area contributed by atoms with Gasteiger partial charge in [0, 0.05) is 18.7 Å². The number of anilines is 1. The van der Waals surface area contributed by atoms with Crippen LogP contribution >= 0.6 is 0 Å². The molecule has 136 valence electrons. The average Bonchev–Trinajstić information content (AvgIpc) is 2.97. The molecule has 1 atom stereocenters. The van der Waals surface area contributed by atoms with Gasteiger partial charge in [0.2, 0.25) is 11.8 Å². The summed E-state index contributed by atoms with van der Waals surface area (Å²) in [6, 6.07) is 7.52. The van der Waals surface area contributed by atoms with Crippen molar-refractivity contribution in [2.75, 3.05) is 18.0 Å². The second-order valence-electron chi connectivity index (χ2n) is 7.68. The van der Waals surface area contributed by atoms with Gasteiger partial charge in [-0.25, -0.2) is 0 Å². The van der Waals surface area contributed by atoms with E-state index in [1.807, 2.05) is 31.2 Å². The van der Waals surface area contributed by atoms with Crippen molar-refractivity contribution in [2.45, 2.75) is 57.9 Å². The molecule has 1 aliphatic heterocycles. The molecule has 3 rings (SSSR count). The molecule has 0 aromatic heterocycles. The fraction of sp³-hybridized carbons (Fsp3) is 0.600. The molecule has 2 aliphatic rings. The highest BCUT2D eigenvalue weighted by Gasteiger charge is 2.37. The number of hydrogen-bond acceptors (Lipinski definition) is 3. The molecule has 1 aromatic rings. The Morgan fingerprint density at radius 1 is 1.24 bits per heavy atom. The lowest BCUT2D eigenvalue weighted by Gasteiger charge is -2.35. The quantitative estimate of drug-likeness (QED) is 0.862. The van der Waals surface area contributed by atoms with Gasteiger partial charge in [-0.15, -0.1) is 0 Å². The molecule has 3 N–H and O–H groups in total. The maximum atomic E-state index is 12.7. The van der Waals surface area contributed by atoms with Gasteiger partial charge in [-0.2, -0.15) is 0 Å². The van der Waals surface area contributed by atoms with Crippen LogP contribution in [0, 0.1) is 12.3 Å². The van der Waals surface area contributed by atoms with Crippen LogP contribution in [0.4, 0.5) is 5.69 Å². The van der Waals surface area contributed by atoms with Gasteiger partial charge in [0.1, 0.15) is 6.04 Å². The second-order valence-corrected chi connectivity index (χ2v) is 7.68. The minimum Gasteiger partial charge on any atom is -0.344 e. The summed E-state index contributed by atoms with van der Waals surface area (Å²) in [4.78, 5) is 26.9. The van der Waals surface area contributed by atoms with E-state index < -0.39 is 6.04 Å². The predicted molar refractivity (Wildman–Crippen MR) is 99.3 cm³/mol. The molecule has 1 unspecified atom stereocenters. The van der Waals surface area contributed by atoms with Gasteiger partial charge in [-0.1, -0.05) is 37.0 Å². The Hall–Kier alpha value is -1.88. The number of aryl methyl sites for hydroxylation is 1. The number of carbonyl (C=O) groups excluding carboxylic acids is 2. The highest BCUT2D eigenvalue weighted by molar-refractivity contribution is 6.01. The zero-order chi connectivity index (χ0) is 17.9. The van der Waals surface area contributed by atoms with E-state index in [9.17, 15) is 9.59 Å². The Kier molecular flexibility index (Phi) is 5.42.